The van der Waals surface area contributed by atoms with Crippen LogP contribution in [0.25, 0.3) is 0 Å². The summed E-state index contributed by atoms with van der Waals surface area (Å²) in [6.45, 7) is 10.8. The number of carbonyl (C=O) groups is 1. The van der Waals surface area contributed by atoms with Crippen LogP contribution in [0.5, 0.6) is 0 Å². The van der Waals surface area contributed by atoms with E-state index in [-0.39, 0.29) is 18.0 Å². The van der Waals surface area contributed by atoms with Crippen LogP contribution in [-0.4, -0.2) is 21.7 Å². The molecule has 0 unspecified atom stereocenters. The first-order chi connectivity index (χ1) is 15.0. The molecule has 6 nitrogen and oxygen atoms in total. The van der Waals surface area contributed by atoms with Crippen molar-refractivity contribution >= 4 is 27.5 Å². The van der Waals surface area contributed by atoms with Gasteiger partial charge in [0.05, 0.1) is 17.4 Å². The fourth-order valence-corrected chi connectivity index (χ4v) is 6.09. The highest BCUT2D eigenvalue weighted by Gasteiger charge is 2.56. The number of nitrogens with one attached hydrogen (secondary N) is 2. The van der Waals surface area contributed by atoms with Crippen molar-refractivity contribution in [1.82, 2.24) is 15.1 Å². The lowest BCUT2D eigenvalue weighted by molar-refractivity contribution is -0.123. The third kappa shape index (κ3) is 4.12. The highest BCUT2D eigenvalue weighted by Crippen LogP contribution is 2.61. The molecule has 4 atom stereocenters. The van der Waals surface area contributed by atoms with Crippen LogP contribution in [0, 0.1) is 23.2 Å². The predicted molar refractivity (Wildman–Crippen MR) is 130 cm³/mol. The average Bonchev–Trinajstić information content (AvgIpc) is 2.74. The molecule has 1 aromatic heterocycles. The van der Waals surface area contributed by atoms with E-state index in [1.54, 1.807) is 6.20 Å². The second-order valence-corrected chi connectivity index (χ2v) is 11.4. The molecular formula is C25H33BrN4O2. The van der Waals surface area contributed by atoms with Gasteiger partial charge in [-0.15, -0.1) is 0 Å². The topological polar surface area (TPSA) is 76.0 Å². The number of amides is 1. The Labute approximate surface area is 198 Å². The van der Waals surface area contributed by atoms with Crippen LogP contribution in [0.2, 0.25) is 0 Å². The Morgan fingerprint density at radius 2 is 1.94 bits per heavy atom. The molecule has 32 heavy (non-hydrogen) atoms. The van der Waals surface area contributed by atoms with Crippen LogP contribution in [-0.2, 0) is 16.9 Å². The summed E-state index contributed by atoms with van der Waals surface area (Å²) in [6.07, 6.45) is 4.07. The Morgan fingerprint density at radius 1 is 1.25 bits per heavy atom. The summed E-state index contributed by atoms with van der Waals surface area (Å²) in [5.74, 6) is 1.71. The molecule has 7 heteroatoms. The van der Waals surface area contributed by atoms with Crippen molar-refractivity contribution in [3.63, 3.8) is 0 Å². The molecule has 0 saturated heterocycles. The van der Waals surface area contributed by atoms with Crippen LogP contribution in [0.1, 0.15) is 53.0 Å². The standard InChI is InChI=1S/C25H33BrN4O2/c1-15-18-11-17(24(18,2)3)12-19(15)28-20-13-27-30(23(32)22(20)26)14-21(31)29-25(4,5)16-9-7-6-8-10-16/h6-10,13,15,17-19,28H,11-12,14H2,1-5H3,(H,29,31)/t15-,17+,18-,19-/m1/s1. The molecular weight excluding hydrogens is 468 g/mol. The molecule has 2 N–H and O–H groups in total. The van der Waals surface area contributed by atoms with E-state index in [9.17, 15) is 9.59 Å². The molecule has 5 rings (SSSR count). The molecule has 2 aromatic rings. The van der Waals surface area contributed by atoms with Gasteiger partial charge < -0.3 is 10.6 Å². The minimum Gasteiger partial charge on any atom is -0.380 e. The van der Waals surface area contributed by atoms with Gasteiger partial charge in [0.1, 0.15) is 11.0 Å². The number of halogens is 1. The van der Waals surface area contributed by atoms with Gasteiger partial charge in [0.15, 0.2) is 0 Å². The number of aromatic nitrogens is 2. The summed E-state index contributed by atoms with van der Waals surface area (Å²) >= 11 is 3.45. The smallest absolute Gasteiger partial charge is 0.283 e. The molecule has 0 spiro atoms. The highest BCUT2D eigenvalue weighted by atomic mass is 79.9. The summed E-state index contributed by atoms with van der Waals surface area (Å²) in [7, 11) is 0. The SMILES string of the molecule is C[C@@H]1[C@H]2C[C@@H](C[C@H]1Nc1cnn(CC(=O)NC(C)(C)c3ccccc3)c(=O)c1Br)C2(C)C. The molecule has 1 amide bonds. The second kappa shape index (κ2) is 8.32. The quantitative estimate of drug-likeness (QED) is 0.610. The number of fused-ring (bicyclic) bond motifs is 2. The van der Waals surface area contributed by atoms with Crippen molar-refractivity contribution in [1.29, 1.82) is 0 Å². The number of nitrogens with zero attached hydrogens (tertiary/aromatic N) is 2. The second-order valence-electron chi connectivity index (χ2n) is 10.6. The molecule has 2 bridgehead atoms. The van der Waals surface area contributed by atoms with E-state index in [4.69, 9.17) is 0 Å². The summed E-state index contributed by atoms with van der Waals surface area (Å²) in [6, 6.07) is 10.1. The van der Waals surface area contributed by atoms with Crippen LogP contribution in [0.3, 0.4) is 0 Å². The number of hydrogen-bond acceptors (Lipinski definition) is 4. The van der Waals surface area contributed by atoms with E-state index in [1.807, 2.05) is 44.2 Å². The Bertz CT molecular complexity index is 1060. The molecule has 3 aliphatic carbocycles. The zero-order valence-corrected chi connectivity index (χ0v) is 21.1. The van der Waals surface area contributed by atoms with Crippen molar-refractivity contribution < 1.29 is 4.79 Å². The Hall–Kier alpha value is -2.15. The lowest BCUT2D eigenvalue weighted by Gasteiger charge is -2.62. The third-order valence-electron chi connectivity index (χ3n) is 7.92. The van der Waals surface area contributed by atoms with Gasteiger partial charge in [-0.1, -0.05) is 51.1 Å². The third-order valence-corrected chi connectivity index (χ3v) is 8.69. The summed E-state index contributed by atoms with van der Waals surface area (Å²) in [5.41, 5.74) is 1.25. The van der Waals surface area contributed by atoms with Crippen molar-refractivity contribution in [3.05, 3.63) is 56.9 Å². The van der Waals surface area contributed by atoms with Crippen molar-refractivity contribution in [2.24, 2.45) is 23.2 Å². The molecule has 1 aromatic carbocycles. The lowest BCUT2D eigenvalue weighted by Crippen LogP contribution is -2.58. The molecule has 3 saturated carbocycles. The summed E-state index contributed by atoms with van der Waals surface area (Å²) in [4.78, 5) is 25.6. The van der Waals surface area contributed by atoms with E-state index in [0.717, 1.165) is 17.9 Å². The fourth-order valence-electron chi connectivity index (χ4n) is 5.67. The molecule has 3 fully saturated rings. The number of benzene rings is 1. The first-order valence-electron chi connectivity index (χ1n) is 11.4. The van der Waals surface area contributed by atoms with Crippen LogP contribution in [0.4, 0.5) is 5.69 Å². The fraction of sp³-hybridized carbons (Fsp3) is 0.560. The van der Waals surface area contributed by atoms with Crippen molar-refractivity contribution in [3.8, 4) is 0 Å². The lowest BCUT2D eigenvalue weighted by atomic mass is 9.45. The van der Waals surface area contributed by atoms with Crippen LogP contribution < -0.4 is 16.2 Å². The maximum Gasteiger partial charge on any atom is 0.283 e. The van der Waals surface area contributed by atoms with Gasteiger partial charge in [0, 0.05) is 6.04 Å². The van der Waals surface area contributed by atoms with Crippen LogP contribution >= 0.6 is 15.9 Å². The minimum absolute atomic E-state index is 0.133. The Morgan fingerprint density at radius 3 is 2.56 bits per heavy atom. The molecule has 1 heterocycles. The molecule has 0 radical (unpaired) electrons. The Kier molecular flexibility index (Phi) is 5.99. The summed E-state index contributed by atoms with van der Waals surface area (Å²) in [5, 5.41) is 10.8. The van der Waals surface area contributed by atoms with Gasteiger partial charge in [-0.05, 0) is 71.4 Å². The maximum atomic E-state index is 12.9. The van der Waals surface area contributed by atoms with E-state index in [1.165, 1.54) is 11.1 Å². The monoisotopic (exact) mass is 500 g/mol. The Balaban J connectivity index is 1.43. The van der Waals surface area contributed by atoms with Gasteiger partial charge in [-0.2, -0.15) is 5.10 Å². The average molecular weight is 501 g/mol. The maximum absolute atomic E-state index is 12.9. The zero-order valence-electron chi connectivity index (χ0n) is 19.5. The molecule has 172 valence electrons. The summed E-state index contributed by atoms with van der Waals surface area (Å²) < 4.78 is 1.63. The number of rotatable bonds is 6. The van der Waals surface area contributed by atoms with E-state index in [2.05, 4.69) is 52.4 Å². The normalized spacial score (nSPS) is 26.2. The highest BCUT2D eigenvalue weighted by molar-refractivity contribution is 9.10. The first kappa shape index (κ1) is 23.0. The number of anilines is 1. The van der Waals surface area contributed by atoms with Gasteiger partial charge in [0.25, 0.3) is 5.56 Å². The predicted octanol–water partition coefficient (Wildman–Crippen LogP) is 4.54. The van der Waals surface area contributed by atoms with E-state index < -0.39 is 5.54 Å². The first-order valence-corrected chi connectivity index (χ1v) is 12.2. The van der Waals surface area contributed by atoms with Crippen LogP contribution in [0.15, 0.2) is 45.8 Å². The molecule has 0 aliphatic heterocycles. The van der Waals surface area contributed by atoms with E-state index >= 15 is 0 Å². The number of carbonyl (C=O) groups excluding carboxylic acids is 1. The molecule has 3 aliphatic rings. The van der Waals surface area contributed by atoms with Gasteiger partial charge in [-0.25, -0.2) is 4.68 Å². The van der Waals surface area contributed by atoms with Crippen molar-refractivity contribution in [2.75, 3.05) is 5.32 Å². The minimum atomic E-state index is -0.549. The van der Waals surface area contributed by atoms with Crippen molar-refractivity contribution in [2.45, 2.75) is 65.6 Å². The van der Waals surface area contributed by atoms with Gasteiger partial charge >= 0.3 is 0 Å². The van der Waals surface area contributed by atoms with E-state index in [0.29, 0.717) is 33.5 Å². The zero-order chi connectivity index (χ0) is 23.3. The largest absolute Gasteiger partial charge is 0.380 e. The van der Waals surface area contributed by atoms with Gasteiger partial charge in [0.2, 0.25) is 5.91 Å². The number of hydrogen-bond donors (Lipinski definition) is 2. The van der Waals surface area contributed by atoms with Gasteiger partial charge in [-0.3, -0.25) is 9.59 Å².